The average Bonchev–Trinajstić information content (AvgIpc) is 3.21. The Labute approximate surface area is 147 Å². The molecule has 0 aromatic carbocycles. The molecule has 2 aromatic heterocycles. The molecule has 0 radical (unpaired) electrons. The molecule has 9 nitrogen and oxygen atoms in total. The Morgan fingerprint density at radius 1 is 0.840 bits per heavy atom. The van der Waals surface area contributed by atoms with Gasteiger partial charge in [-0.25, -0.2) is 4.98 Å². The van der Waals surface area contributed by atoms with Crippen LogP contribution < -0.4 is 9.80 Å². The van der Waals surface area contributed by atoms with Gasteiger partial charge in [0.05, 0.1) is 32.2 Å². The third-order valence-corrected chi connectivity index (χ3v) is 4.70. The number of nitrogens with zero attached hydrogens (tertiary/aromatic N) is 8. The molecule has 0 bridgehead atoms. The summed E-state index contributed by atoms with van der Waals surface area (Å²) >= 11 is 0. The van der Waals surface area contributed by atoms with E-state index in [-0.39, 0.29) is 0 Å². The van der Waals surface area contributed by atoms with Crippen molar-refractivity contribution in [2.24, 2.45) is 0 Å². The number of rotatable bonds is 5. The highest BCUT2D eigenvalue weighted by Gasteiger charge is 2.20. The van der Waals surface area contributed by atoms with Crippen LogP contribution in [0.25, 0.3) is 0 Å². The van der Waals surface area contributed by atoms with E-state index in [2.05, 4.69) is 29.9 Å². The average molecular weight is 344 g/mol. The van der Waals surface area contributed by atoms with Crippen molar-refractivity contribution >= 4 is 11.8 Å². The first-order chi connectivity index (χ1) is 12.4. The Hall–Kier alpha value is -2.26. The molecule has 4 rings (SSSR count). The summed E-state index contributed by atoms with van der Waals surface area (Å²) in [5, 5.41) is 8.30. The van der Waals surface area contributed by atoms with Gasteiger partial charge in [-0.3, -0.25) is 4.90 Å². The summed E-state index contributed by atoms with van der Waals surface area (Å²) in [6, 6.07) is 1.99. The molecule has 2 aliphatic rings. The lowest BCUT2D eigenvalue weighted by atomic mass is 10.3. The van der Waals surface area contributed by atoms with Gasteiger partial charge in [0.15, 0.2) is 0 Å². The Morgan fingerprint density at radius 3 is 2.36 bits per heavy atom. The van der Waals surface area contributed by atoms with Gasteiger partial charge in [-0.15, -0.1) is 0 Å². The second kappa shape index (κ2) is 7.75. The van der Waals surface area contributed by atoms with Crippen LogP contribution in [-0.4, -0.2) is 88.9 Å². The van der Waals surface area contributed by atoms with Crippen molar-refractivity contribution < 1.29 is 4.74 Å². The second-order valence-corrected chi connectivity index (χ2v) is 6.27. The minimum Gasteiger partial charge on any atom is -0.378 e. The molecular formula is C16H24N8O. The summed E-state index contributed by atoms with van der Waals surface area (Å²) in [4.78, 5) is 18.0. The number of hydrogen-bond acceptors (Lipinski definition) is 8. The molecule has 0 N–H and O–H groups in total. The Morgan fingerprint density at radius 2 is 1.60 bits per heavy atom. The smallest absolute Gasteiger partial charge is 0.227 e. The molecule has 0 unspecified atom stereocenters. The molecule has 9 heteroatoms. The molecule has 2 fully saturated rings. The van der Waals surface area contributed by atoms with Crippen LogP contribution in [-0.2, 0) is 11.3 Å². The van der Waals surface area contributed by atoms with Crippen molar-refractivity contribution in [1.29, 1.82) is 0 Å². The molecule has 0 atom stereocenters. The van der Waals surface area contributed by atoms with Crippen molar-refractivity contribution in [2.75, 3.05) is 68.8 Å². The van der Waals surface area contributed by atoms with Crippen LogP contribution in [0.15, 0.2) is 24.7 Å². The van der Waals surface area contributed by atoms with E-state index < -0.39 is 0 Å². The number of hydrogen-bond donors (Lipinski definition) is 0. The predicted molar refractivity (Wildman–Crippen MR) is 93.7 cm³/mol. The zero-order valence-electron chi connectivity index (χ0n) is 14.4. The van der Waals surface area contributed by atoms with Crippen molar-refractivity contribution in [1.82, 2.24) is 29.9 Å². The van der Waals surface area contributed by atoms with Crippen LogP contribution in [0.3, 0.4) is 0 Å². The third-order valence-electron chi connectivity index (χ3n) is 4.70. The molecule has 2 saturated heterocycles. The highest BCUT2D eigenvalue weighted by molar-refractivity contribution is 5.44. The van der Waals surface area contributed by atoms with E-state index >= 15 is 0 Å². The van der Waals surface area contributed by atoms with Crippen molar-refractivity contribution in [3.05, 3.63) is 24.7 Å². The third kappa shape index (κ3) is 4.05. The van der Waals surface area contributed by atoms with Crippen LogP contribution in [0.5, 0.6) is 0 Å². The first kappa shape index (κ1) is 16.2. The molecule has 0 spiro atoms. The summed E-state index contributed by atoms with van der Waals surface area (Å²) in [6.07, 6.45) is 5.30. The normalized spacial score (nSPS) is 19.4. The highest BCUT2D eigenvalue weighted by atomic mass is 16.5. The lowest BCUT2D eigenvalue weighted by Gasteiger charge is -2.35. The van der Waals surface area contributed by atoms with Gasteiger partial charge in [0.2, 0.25) is 5.95 Å². The maximum atomic E-state index is 5.42. The minimum absolute atomic E-state index is 0.767. The summed E-state index contributed by atoms with van der Waals surface area (Å²) in [7, 11) is 0. The van der Waals surface area contributed by atoms with Crippen molar-refractivity contribution in [2.45, 2.75) is 6.54 Å². The zero-order valence-corrected chi connectivity index (χ0v) is 14.4. The second-order valence-electron chi connectivity index (χ2n) is 6.27. The first-order valence-corrected chi connectivity index (χ1v) is 8.86. The molecule has 0 saturated carbocycles. The molecule has 25 heavy (non-hydrogen) atoms. The molecule has 4 heterocycles. The van der Waals surface area contributed by atoms with E-state index in [4.69, 9.17) is 9.72 Å². The standard InChI is InChI=1S/C16H24N8O/c1-2-17-16(20-15(1)22-11-13-25-14-12-22)23-8-5-21(6-9-23)7-10-24-18-3-4-19-24/h1-4H,5-14H2. The largest absolute Gasteiger partial charge is 0.378 e. The maximum absolute atomic E-state index is 5.42. The van der Waals surface area contributed by atoms with E-state index in [1.165, 1.54) is 0 Å². The van der Waals surface area contributed by atoms with Crippen LogP contribution in [0.2, 0.25) is 0 Å². The quantitative estimate of drug-likeness (QED) is 0.734. The summed E-state index contributed by atoms with van der Waals surface area (Å²) in [6.45, 7) is 9.02. The van der Waals surface area contributed by atoms with Gasteiger partial charge in [-0.05, 0) is 6.07 Å². The van der Waals surface area contributed by atoms with Gasteiger partial charge in [-0.1, -0.05) is 0 Å². The first-order valence-electron chi connectivity index (χ1n) is 8.86. The molecular weight excluding hydrogens is 320 g/mol. The van der Waals surface area contributed by atoms with Crippen LogP contribution in [0, 0.1) is 0 Å². The molecule has 2 aliphatic heterocycles. The summed E-state index contributed by atoms with van der Waals surface area (Å²) in [5.41, 5.74) is 0. The van der Waals surface area contributed by atoms with Crippen LogP contribution >= 0.6 is 0 Å². The fourth-order valence-corrected chi connectivity index (χ4v) is 3.22. The fraction of sp³-hybridized carbons (Fsp3) is 0.625. The summed E-state index contributed by atoms with van der Waals surface area (Å²) < 4.78 is 5.42. The van der Waals surface area contributed by atoms with E-state index in [1.807, 2.05) is 12.3 Å². The monoisotopic (exact) mass is 344 g/mol. The summed E-state index contributed by atoms with van der Waals surface area (Å²) in [5.74, 6) is 1.83. The van der Waals surface area contributed by atoms with Gasteiger partial charge in [0, 0.05) is 52.0 Å². The van der Waals surface area contributed by atoms with Gasteiger partial charge in [-0.2, -0.15) is 20.0 Å². The van der Waals surface area contributed by atoms with E-state index in [9.17, 15) is 0 Å². The number of morpholine rings is 1. The van der Waals surface area contributed by atoms with Gasteiger partial charge < -0.3 is 14.5 Å². The minimum atomic E-state index is 0.767. The fourth-order valence-electron chi connectivity index (χ4n) is 3.22. The Bertz CT molecular complexity index is 650. The van der Waals surface area contributed by atoms with Crippen molar-refractivity contribution in [3.63, 3.8) is 0 Å². The molecule has 134 valence electrons. The molecule has 0 amide bonds. The predicted octanol–water partition coefficient (Wildman–Crippen LogP) is -0.273. The number of anilines is 2. The lowest BCUT2D eigenvalue weighted by Crippen LogP contribution is -2.48. The van der Waals surface area contributed by atoms with Crippen LogP contribution in [0.4, 0.5) is 11.8 Å². The van der Waals surface area contributed by atoms with Gasteiger partial charge in [0.25, 0.3) is 0 Å². The topological polar surface area (TPSA) is 75.4 Å². The Kier molecular flexibility index (Phi) is 5.03. The van der Waals surface area contributed by atoms with Crippen molar-refractivity contribution in [3.8, 4) is 0 Å². The highest BCUT2D eigenvalue weighted by Crippen LogP contribution is 2.17. The van der Waals surface area contributed by atoms with E-state index in [1.54, 1.807) is 17.2 Å². The van der Waals surface area contributed by atoms with E-state index in [0.717, 1.165) is 77.3 Å². The lowest BCUT2D eigenvalue weighted by molar-refractivity contribution is 0.122. The Balaban J connectivity index is 1.31. The number of ether oxygens (including phenoxy) is 1. The SMILES string of the molecule is c1cc(N2CCOCC2)nc(N2CCN(CCn3nccn3)CC2)n1. The van der Waals surface area contributed by atoms with Gasteiger partial charge in [0.1, 0.15) is 5.82 Å². The number of piperazine rings is 1. The number of aromatic nitrogens is 5. The van der Waals surface area contributed by atoms with E-state index in [0.29, 0.717) is 0 Å². The zero-order chi connectivity index (χ0) is 16.9. The van der Waals surface area contributed by atoms with Crippen LogP contribution in [0.1, 0.15) is 0 Å². The maximum Gasteiger partial charge on any atom is 0.227 e. The molecule has 2 aromatic rings. The van der Waals surface area contributed by atoms with Gasteiger partial charge >= 0.3 is 0 Å². The molecule has 0 aliphatic carbocycles.